The van der Waals surface area contributed by atoms with Crippen LogP contribution in [0, 0.1) is 6.92 Å². The van der Waals surface area contributed by atoms with Crippen LogP contribution in [0.2, 0.25) is 0 Å². The molecule has 1 aromatic carbocycles. The van der Waals surface area contributed by atoms with Crippen molar-refractivity contribution in [3.05, 3.63) is 35.4 Å². The van der Waals surface area contributed by atoms with E-state index in [0.717, 1.165) is 19.5 Å². The summed E-state index contributed by atoms with van der Waals surface area (Å²) in [5.41, 5.74) is 2.47. The zero-order valence-corrected chi connectivity index (χ0v) is 12.0. The van der Waals surface area contributed by atoms with Crippen molar-refractivity contribution in [1.82, 2.24) is 10.6 Å². The molecule has 0 bridgehead atoms. The standard InChI is InChI=1S/C14H22N2O.ClH/c1-3-15-9-10-16-14(17)8-7-13-6-4-5-12(2)11-13;/h4-6,11,15H,3,7-10H2,1-2H3,(H,16,17);1H. The number of halogens is 1. The maximum Gasteiger partial charge on any atom is 0.220 e. The Hall–Kier alpha value is -1.06. The van der Waals surface area contributed by atoms with Crippen molar-refractivity contribution in [3.63, 3.8) is 0 Å². The molecule has 1 amide bonds. The van der Waals surface area contributed by atoms with Gasteiger partial charge >= 0.3 is 0 Å². The van der Waals surface area contributed by atoms with Gasteiger partial charge in [-0.1, -0.05) is 36.8 Å². The van der Waals surface area contributed by atoms with Gasteiger partial charge in [-0.25, -0.2) is 0 Å². The van der Waals surface area contributed by atoms with Crippen molar-refractivity contribution in [2.24, 2.45) is 0 Å². The van der Waals surface area contributed by atoms with Crippen LogP contribution >= 0.6 is 12.4 Å². The predicted molar refractivity (Wildman–Crippen MR) is 78.3 cm³/mol. The Kier molecular flexibility index (Phi) is 9.33. The molecule has 4 heteroatoms. The van der Waals surface area contributed by atoms with Gasteiger partial charge in [-0.15, -0.1) is 12.4 Å². The average Bonchev–Trinajstić information content (AvgIpc) is 2.32. The van der Waals surface area contributed by atoms with Gasteiger partial charge < -0.3 is 10.6 Å². The van der Waals surface area contributed by atoms with Crippen LogP contribution in [-0.2, 0) is 11.2 Å². The number of amides is 1. The first-order valence-corrected chi connectivity index (χ1v) is 6.25. The molecule has 0 aliphatic rings. The summed E-state index contributed by atoms with van der Waals surface area (Å²) < 4.78 is 0. The Morgan fingerprint density at radius 1 is 1.28 bits per heavy atom. The number of carbonyl (C=O) groups excluding carboxylic acids is 1. The molecule has 0 fully saturated rings. The number of hydrogen-bond acceptors (Lipinski definition) is 2. The molecule has 0 saturated heterocycles. The summed E-state index contributed by atoms with van der Waals surface area (Å²) in [5, 5.41) is 6.07. The van der Waals surface area contributed by atoms with Crippen molar-refractivity contribution in [1.29, 1.82) is 0 Å². The Morgan fingerprint density at radius 2 is 2.06 bits per heavy atom. The van der Waals surface area contributed by atoms with Gasteiger partial charge in [-0.3, -0.25) is 4.79 Å². The molecule has 0 unspecified atom stereocenters. The molecular weight excluding hydrogens is 248 g/mol. The minimum atomic E-state index is 0. The maximum atomic E-state index is 11.5. The first-order chi connectivity index (χ1) is 8.22. The average molecular weight is 271 g/mol. The van der Waals surface area contributed by atoms with E-state index < -0.39 is 0 Å². The third-order valence-corrected chi connectivity index (χ3v) is 2.60. The molecule has 0 aliphatic carbocycles. The highest BCUT2D eigenvalue weighted by molar-refractivity contribution is 5.85. The summed E-state index contributed by atoms with van der Waals surface area (Å²) in [7, 11) is 0. The molecule has 2 N–H and O–H groups in total. The number of nitrogens with one attached hydrogen (secondary N) is 2. The summed E-state index contributed by atoms with van der Waals surface area (Å²) in [6, 6.07) is 8.30. The summed E-state index contributed by atoms with van der Waals surface area (Å²) in [4.78, 5) is 11.5. The van der Waals surface area contributed by atoms with Crippen molar-refractivity contribution in [2.45, 2.75) is 26.7 Å². The van der Waals surface area contributed by atoms with Crippen molar-refractivity contribution >= 4 is 18.3 Å². The van der Waals surface area contributed by atoms with Crippen molar-refractivity contribution in [3.8, 4) is 0 Å². The molecule has 1 rings (SSSR count). The van der Waals surface area contributed by atoms with Gasteiger partial charge in [0.25, 0.3) is 0 Å². The lowest BCUT2D eigenvalue weighted by Crippen LogP contribution is -2.31. The Bertz CT molecular complexity index is 355. The minimum Gasteiger partial charge on any atom is -0.355 e. The highest BCUT2D eigenvalue weighted by Gasteiger charge is 2.01. The van der Waals surface area contributed by atoms with Gasteiger partial charge in [0, 0.05) is 19.5 Å². The van der Waals surface area contributed by atoms with E-state index in [1.807, 2.05) is 6.07 Å². The molecule has 102 valence electrons. The molecule has 0 radical (unpaired) electrons. The number of hydrogen-bond donors (Lipinski definition) is 2. The van der Waals surface area contributed by atoms with Crippen LogP contribution in [-0.4, -0.2) is 25.5 Å². The summed E-state index contributed by atoms with van der Waals surface area (Å²) >= 11 is 0. The Morgan fingerprint density at radius 3 is 2.72 bits per heavy atom. The minimum absolute atomic E-state index is 0. The van der Waals surface area contributed by atoms with E-state index in [4.69, 9.17) is 0 Å². The molecule has 0 saturated carbocycles. The molecule has 3 nitrogen and oxygen atoms in total. The third kappa shape index (κ3) is 7.30. The highest BCUT2D eigenvalue weighted by Crippen LogP contribution is 2.06. The van der Waals surface area contributed by atoms with E-state index >= 15 is 0 Å². The molecule has 1 aromatic rings. The van der Waals surface area contributed by atoms with Gasteiger partial charge in [0.15, 0.2) is 0 Å². The predicted octanol–water partition coefficient (Wildman–Crippen LogP) is 2.08. The Balaban J connectivity index is 0.00000289. The normalized spacial score (nSPS) is 9.67. The van der Waals surface area contributed by atoms with Crippen LogP contribution in [0.4, 0.5) is 0 Å². The fourth-order valence-corrected chi connectivity index (χ4v) is 1.68. The monoisotopic (exact) mass is 270 g/mol. The SMILES string of the molecule is CCNCCNC(=O)CCc1cccc(C)c1.Cl. The number of carbonyl (C=O) groups is 1. The molecule has 0 aromatic heterocycles. The van der Waals surface area contributed by atoms with Crippen LogP contribution in [0.1, 0.15) is 24.5 Å². The highest BCUT2D eigenvalue weighted by atomic mass is 35.5. The van der Waals surface area contributed by atoms with Crippen LogP contribution in [0.3, 0.4) is 0 Å². The number of benzene rings is 1. The molecule has 18 heavy (non-hydrogen) atoms. The smallest absolute Gasteiger partial charge is 0.220 e. The second kappa shape index (κ2) is 9.92. The van der Waals surface area contributed by atoms with Crippen molar-refractivity contribution in [2.75, 3.05) is 19.6 Å². The van der Waals surface area contributed by atoms with Crippen LogP contribution in [0.5, 0.6) is 0 Å². The van der Waals surface area contributed by atoms with Crippen LogP contribution in [0.15, 0.2) is 24.3 Å². The second-order valence-corrected chi connectivity index (χ2v) is 4.19. The maximum absolute atomic E-state index is 11.5. The van der Waals surface area contributed by atoms with Gasteiger partial charge in [0.05, 0.1) is 0 Å². The fourth-order valence-electron chi connectivity index (χ4n) is 1.68. The lowest BCUT2D eigenvalue weighted by Gasteiger charge is -2.06. The van der Waals surface area contributed by atoms with E-state index in [1.54, 1.807) is 0 Å². The van der Waals surface area contributed by atoms with Crippen LogP contribution in [0.25, 0.3) is 0 Å². The molecule has 0 aliphatic heterocycles. The Labute approximate surface area is 116 Å². The molecule has 0 atom stereocenters. The summed E-state index contributed by atoms with van der Waals surface area (Å²) in [6.07, 6.45) is 1.38. The van der Waals surface area contributed by atoms with E-state index in [0.29, 0.717) is 13.0 Å². The van der Waals surface area contributed by atoms with E-state index in [1.165, 1.54) is 11.1 Å². The summed E-state index contributed by atoms with van der Waals surface area (Å²) in [5.74, 6) is 0.129. The lowest BCUT2D eigenvalue weighted by molar-refractivity contribution is -0.121. The van der Waals surface area contributed by atoms with Gasteiger partial charge in [0.1, 0.15) is 0 Å². The van der Waals surface area contributed by atoms with E-state index in [2.05, 4.69) is 42.7 Å². The number of aryl methyl sites for hydroxylation is 2. The molecular formula is C14H23ClN2O. The number of rotatable bonds is 7. The first-order valence-electron chi connectivity index (χ1n) is 6.25. The lowest BCUT2D eigenvalue weighted by atomic mass is 10.1. The third-order valence-electron chi connectivity index (χ3n) is 2.60. The second-order valence-electron chi connectivity index (χ2n) is 4.19. The number of likely N-dealkylation sites (N-methyl/N-ethyl adjacent to an activating group) is 1. The fraction of sp³-hybridized carbons (Fsp3) is 0.500. The van der Waals surface area contributed by atoms with Gasteiger partial charge in [-0.2, -0.15) is 0 Å². The van der Waals surface area contributed by atoms with Gasteiger partial charge in [0.2, 0.25) is 5.91 Å². The van der Waals surface area contributed by atoms with Crippen LogP contribution < -0.4 is 10.6 Å². The quantitative estimate of drug-likeness (QED) is 0.745. The zero-order valence-electron chi connectivity index (χ0n) is 11.2. The van der Waals surface area contributed by atoms with E-state index in [-0.39, 0.29) is 18.3 Å². The topological polar surface area (TPSA) is 41.1 Å². The largest absolute Gasteiger partial charge is 0.355 e. The van der Waals surface area contributed by atoms with E-state index in [9.17, 15) is 4.79 Å². The summed E-state index contributed by atoms with van der Waals surface area (Å²) in [6.45, 7) is 6.62. The van der Waals surface area contributed by atoms with Gasteiger partial charge in [-0.05, 0) is 25.5 Å². The first kappa shape index (κ1) is 16.9. The molecule has 0 spiro atoms. The van der Waals surface area contributed by atoms with Crippen molar-refractivity contribution < 1.29 is 4.79 Å². The molecule has 0 heterocycles. The zero-order chi connectivity index (χ0) is 12.5.